The van der Waals surface area contributed by atoms with Gasteiger partial charge in [0.2, 0.25) is 28.6 Å². The van der Waals surface area contributed by atoms with Crippen LogP contribution in [0.4, 0.5) is 5.69 Å². The quantitative estimate of drug-likeness (QED) is 0.566. The SMILES string of the molecule is C[C@H](C(=O)NC1CCCC1)N(Cc1ccccc1)C(=O)CN(c1ccc2c(c1)OCO2)S(C)(=O)=O. The minimum atomic E-state index is -3.81. The van der Waals surface area contributed by atoms with E-state index in [4.69, 9.17) is 9.47 Å². The van der Waals surface area contributed by atoms with Crippen LogP contribution in [-0.2, 0) is 26.2 Å². The number of anilines is 1. The van der Waals surface area contributed by atoms with Crippen LogP contribution in [0.25, 0.3) is 0 Å². The summed E-state index contributed by atoms with van der Waals surface area (Å²) in [6.07, 6.45) is 5.05. The lowest BCUT2D eigenvalue weighted by atomic mass is 10.1. The molecule has 0 radical (unpaired) electrons. The molecule has 1 heterocycles. The third-order valence-electron chi connectivity index (χ3n) is 6.39. The third-order valence-corrected chi connectivity index (χ3v) is 7.53. The Morgan fingerprint density at radius 1 is 1.06 bits per heavy atom. The van der Waals surface area contributed by atoms with Crippen molar-refractivity contribution in [2.24, 2.45) is 0 Å². The summed E-state index contributed by atoms with van der Waals surface area (Å²) in [4.78, 5) is 28.1. The zero-order valence-electron chi connectivity index (χ0n) is 20.0. The molecule has 1 atom stereocenters. The van der Waals surface area contributed by atoms with Crippen molar-refractivity contribution >= 4 is 27.5 Å². The zero-order chi connectivity index (χ0) is 25.0. The molecule has 2 amide bonds. The number of nitrogens with one attached hydrogen (secondary N) is 1. The molecule has 0 saturated heterocycles. The molecule has 0 spiro atoms. The van der Waals surface area contributed by atoms with Crippen LogP contribution in [0.1, 0.15) is 38.2 Å². The second kappa shape index (κ2) is 10.6. The highest BCUT2D eigenvalue weighted by Gasteiger charge is 2.32. The van der Waals surface area contributed by atoms with Crippen LogP contribution in [-0.4, -0.2) is 56.8 Å². The maximum Gasteiger partial charge on any atom is 0.244 e. The van der Waals surface area contributed by atoms with Crippen LogP contribution >= 0.6 is 0 Å². The first-order valence-corrected chi connectivity index (χ1v) is 13.6. The number of benzene rings is 2. The van der Waals surface area contributed by atoms with Crippen molar-refractivity contribution in [3.05, 3.63) is 54.1 Å². The molecule has 9 nitrogen and oxygen atoms in total. The summed E-state index contributed by atoms with van der Waals surface area (Å²) in [6, 6.07) is 13.4. The van der Waals surface area contributed by atoms with Crippen molar-refractivity contribution in [2.75, 3.05) is 23.9 Å². The van der Waals surface area contributed by atoms with Gasteiger partial charge in [-0.15, -0.1) is 0 Å². The van der Waals surface area contributed by atoms with E-state index in [1.807, 2.05) is 30.3 Å². The van der Waals surface area contributed by atoms with Gasteiger partial charge in [-0.05, 0) is 37.5 Å². The number of rotatable bonds is 9. The molecule has 0 bridgehead atoms. The van der Waals surface area contributed by atoms with E-state index in [0.717, 1.165) is 41.8 Å². The summed E-state index contributed by atoms with van der Waals surface area (Å²) < 4.78 is 37.1. The number of nitrogens with zero attached hydrogens (tertiary/aromatic N) is 2. The monoisotopic (exact) mass is 501 g/mol. The first kappa shape index (κ1) is 24.8. The first-order valence-electron chi connectivity index (χ1n) is 11.7. The van der Waals surface area contributed by atoms with Crippen LogP contribution in [0.15, 0.2) is 48.5 Å². The van der Waals surface area contributed by atoms with Gasteiger partial charge in [0.25, 0.3) is 0 Å². The topological polar surface area (TPSA) is 105 Å². The highest BCUT2D eigenvalue weighted by Crippen LogP contribution is 2.36. The van der Waals surface area contributed by atoms with Gasteiger partial charge < -0.3 is 19.7 Å². The highest BCUT2D eigenvalue weighted by atomic mass is 32.2. The van der Waals surface area contributed by atoms with E-state index in [1.54, 1.807) is 19.1 Å². The highest BCUT2D eigenvalue weighted by molar-refractivity contribution is 7.92. The van der Waals surface area contributed by atoms with Gasteiger partial charge >= 0.3 is 0 Å². The molecule has 35 heavy (non-hydrogen) atoms. The number of ether oxygens (including phenoxy) is 2. The lowest BCUT2D eigenvalue weighted by molar-refractivity contribution is -0.139. The average Bonchev–Trinajstić information content (AvgIpc) is 3.51. The smallest absolute Gasteiger partial charge is 0.244 e. The van der Waals surface area contributed by atoms with E-state index in [0.29, 0.717) is 11.5 Å². The van der Waals surface area contributed by atoms with E-state index in [-0.39, 0.29) is 31.0 Å². The number of amides is 2. The summed E-state index contributed by atoms with van der Waals surface area (Å²) in [5.41, 5.74) is 1.13. The van der Waals surface area contributed by atoms with E-state index in [9.17, 15) is 18.0 Å². The number of fused-ring (bicyclic) bond motifs is 1. The van der Waals surface area contributed by atoms with Gasteiger partial charge in [-0.25, -0.2) is 8.42 Å². The van der Waals surface area contributed by atoms with E-state index in [1.165, 1.54) is 11.0 Å². The van der Waals surface area contributed by atoms with E-state index in [2.05, 4.69) is 5.32 Å². The van der Waals surface area contributed by atoms with E-state index >= 15 is 0 Å². The van der Waals surface area contributed by atoms with Gasteiger partial charge in [0.15, 0.2) is 11.5 Å². The first-order chi connectivity index (χ1) is 16.7. The van der Waals surface area contributed by atoms with Crippen molar-refractivity contribution < 1.29 is 27.5 Å². The van der Waals surface area contributed by atoms with Crippen LogP contribution in [0.3, 0.4) is 0 Å². The average molecular weight is 502 g/mol. The largest absolute Gasteiger partial charge is 0.454 e. The number of carbonyl (C=O) groups excluding carboxylic acids is 2. The van der Waals surface area contributed by atoms with Crippen molar-refractivity contribution in [1.29, 1.82) is 0 Å². The normalized spacial score (nSPS) is 16.1. The van der Waals surface area contributed by atoms with Gasteiger partial charge in [-0.1, -0.05) is 43.2 Å². The van der Waals surface area contributed by atoms with Crippen molar-refractivity contribution in [2.45, 2.75) is 51.2 Å². The summed E-state index contributed by atoms with van der Waals surface area (Å²) in [6.45, 7) is 1.45. The second-order valence-electron chi connectivity index (χ2n) is 8.98. The van der Waals surface area contributed by atoms with Gasteiger partial charge in [-0.2, -0.15) is 0 Å². The molecule has 2 aliphatic rings. The van der Waals surface area contributed by atoms with Crippen LogP contribution in [0, 0.1) is 0 Å². The fourth-order valence-corrected chi connectivity index (χ4v) is 5.25. The maximum atomic E-state index is 13.6. The van der Waals surface area contributed by atoms with Crippen LogP contribution in [0.2, 0.25) is 0 Å². The van der Waals surface area contributed by atoms with Gasteiger partial charge in [0.05, 0.1) is 11.9 Å². The molecule has 0 unspecified atom stereocenters. The molecule has 1 N–H and O–H groups in total. The Morgan fingerprint density at radius 3 is 2.43 bits per heavy atom. The Hall–Kier alpha value is -3.27. The fourth-order valence-electron chi connectivity index (χ4n) is 4.41. The summed E-state index contributed by atoms with van der Waals surface area (Å²) in [5, 5.41) is 3.05. The molecule has 2 aromatic carbocycles. The molecular formula is C25H31N3O6S. The third kappa shape index (κ3) is 6.05. The molecule has 1 aliphatic carbocycles. The zero-order valence-corrected chi connectivity index (χ0v) is 20.8. The fraction of sp³-hybridized carbons (Fsp3) is 0.440. The molecule has 1 fully saturated rings. The maximum absolute atomic E-state index is 13.6. The summed E-state index contributed by atoms with van der Waals surface area (Å²) in [5.74, 6) is 0.201. The predicted octanol–water partition coefficient (Wildman–Crippen LogP) is 2.66. The Kier molecular flexibility index (Phi) is 7.49. The molecule has 1 saturated carbocycles. The molecule has 4 rings (SSSR count). The van der Waals surface area contributed by atoms with Crippen molar-refractivity contribution in [3.63, 3.8) is 0 Å². The number of hydrogen-bond donors (Lipinski definition) is 1. The standard InChI is InChI=1S/C25H31N3O6S/c1-18(25(30)26-20-10-6-7-11-20)27(15-19-8-4-3-5-9-19)24(29)16-28(35(2,31)32)21-12-13-22-23(14-21)34-17-33-22/h3-5,8-9,12-14,18,20H,6-7,10-11,15-17H2,1-2H3,(H,26,30)/t18-/m1/s1. The lowest BCUT2D eigenvalue weighted by Gasteiger charge is -2.32. The minimum Gasteiger partial charge on any atom is -0.454 e. The Balaban J connectivity index is 1.58. The molecular weight excluding hydrogens is 470 g/mol. The number of sulfonamides is 1. The second-order valence-corrected chi connectivity index (χ2v) is 10.9. The lowest BCUT2D eigenvalue weighted by Crippen LogP contribution is -2.52. The van der Waals surface area contributed by atoms with E-state index < -0.39 is 28.5 Å². The van der Waals surface area contributed by atoms with Gasteiger partial charge in [0.1, 0.15) is 12.6 Å². The van der Waals surface area contributed by atoms with Crippen LogP contribution < -0.4 is 19.1 Å². The minimum absolute atomic E-state index is 0.0507. The Morgan fingerprint density at radius 2 is 1.74 bits per heavy atom. The number of carbonyl (C=O) groups is 2. The van der Waals surface area contributed by atoms with Crippen molar-refractivity contribution in [1.82, 2.24) is 10.2 Å². The van der Waals surface area contributed by atoms with Gasteiger partial charge in [-0.3, -0.25) is 13.9 Å². The molecule has 188 valence electrons. The molecule has 10 heteroatoms. The molecule has 2 aromatic rings. The predicted molar refractivity (Wildman–Crippen MR) is 132 cm³/mol. The summed E-state index contributed by atoms with van der Waals surface area (Å²) in [7, 11) is -3.81. The number of hydrogen-bond acceptors (Lipinski definition) is 6. The Bertz CT molecular complexity index is 1160. The summed E-state index contributed by atoms with van der Waals surface area (Å²) >= 11 is 0. The Labute approximate surface area is 206 Å². The molecule has 1 aliphatic heterocycles. The van der Waals surface area contributed by atoms with Crippen LogP contribution in [0.5, 0.6) is 11.5 Å². The van der Waals surface area contributed by atoms with Crippen molar-refractivity contribution in [3.8, 4) is 11.5 Å². The molecule has 0 aromatic heterocycles. The van der Waals surface area contributed by atoms with Gasteiger partial charge in [0, 0.05) is 18.7 Å².